The van der Waals surface area contributed by atoms with Crippen LogP contribution in [0.5, 0.6) is 0 Å². The smallest absolute Gasteiger partial charge is 0.329 e. The number of aliphatic hydroxyl groups excluding tert-OH is 2. The maximum Gasteiger partial charge on any atom is 0.329 e. The van der Waals surface area contributed by atoms with E-state index in [1.54, 1.807) is 0 Å². The number of anilines is 1. The summed E-state index contributed by atoms with van der Waals surface area (Å²) in [4.78, 5) is 37.0. The number of nitrogens with zero attached hydrogens (tertiary/aromatic N) is 4. The van der Waals surface area contributed by atoms with Gasteiger partial charge in [0.1, 0.15) is 30.1 Å². The summed E-state index contributed by atoms with van der Waals surface area (Å²) in [6.45, 7) is 0.791. The number of aliphatic hydroxyl groups is 2. The van der Waals surface area contributed by atoms with Gasteiger partial charge in [-0.25, -0.2) is 19.7 Å². The van der Waals surface area contributed by atoms with Crippen LogP contribution in [0.3, 0.4) is 0 Å². The molecule has 5 atom stereocenters. The van der Waals surface area contributed by atoms with Gasteiger partial charge in [-0.1, -0.05) is 30.3 Å². The fourth-order valence-corrected chi connectivity index (χ4v) is 3.78. The van der Waals surface area contributed by atoms with Gasteiger partial charge in [0.2, 0.25) is 5.91 Å². The molecule has 3 heterocycles. The zero-order valence-electron chi connectivity index (χ0n) is 17.7. The number of hydrogen-bond acceptors (Lipinski definition) is 10. The highest BCUT2D eigenvalue weighted by atomic mass is 16.6. The third kappa shape index (κ3) is 4.62. The van der Waals surface area contributed by atoms with E-state index in [4.69, 9.17) is 15.2 Å². The first-order valence-electron chi connectivity index (χ1n) is 10.3. The molecule has 1 aromatic carbocycles. The Morgan fingerprint density at radius 2 is 2.03 bits per heavy atom. The summed E-state index contributed by atoms with van der Waals surface area (Å²) in [5.41, 5.74) is 7.28. The number of aromatic nitrogens is 4. The molecule has 12 nitrogen and oxygen atoms in total. The van der Waals surface area contributed by atoms with Gasteiger partial charge >= 0.3 is 5.97 Å². The first-order chi connectivity index (χ1) is 15.9. The number of hydrogen-bond donors (Lipinski definition) is 4. The highest BCUT2D eigenvalue weighted by Gasteiger charge is 2.48. The van der Waals surface area contributed by atoms with Crippen molar-refractivity contribution in [1.29, 1.82) is 0 Å². The molecule has 0 radical (unpaired) electrons. The first-order valence-corrected chi connectivity index (χ1v) is 10.3. The number of esters is 1. The average molecular weight is 456 g/mol. The Hall–Kier alpha value is -3.61. The van der Waals surface area contributed by atoms with Crippen LogP contribution in [0.1, 0.15) is 18.7 Å². The Morgan fingerprint density at radius 3 is 2.73 bits per heavy atom. The molecule has 2 aromatic heterocycles. The largest absolute Gasteiger partial charge is 0.453 e. The van der Waals surface area contributed by atoms with Gasteiger partial charge in [0.15, 0.2) is 23.8 Å². The Labute approximate surface area is 188 Å². The van der Waals surface area contributed by atoms with Gasteiger partial charge < -0.3 is 30.7 Å². The van der Waals surface area contributed by atoms with Gasteiger partial charge in [-0.3, -0.25) is 9.36 Å². The number of carbonyl (C=O) groups is 2. The van der Waals surface area contributed by atoms with Gasteiger partial charge in [0, 0.05) is 13.3 Å². The molecule has 1 aliphatic rings. The van der Waals surface area contributed by atoms with Crippen LogP contribution < -0.4 is 11.1 Å². The second-order valence-corrected chi connectivity index (χ2v) is 7.67. The van der Waals surface area contributed by atoms with Gasteiger partial charge in [-0.15, -0.1) is 0 Å². The predicted molar refractivity (Wildman–Crippen MR) is 114 cm³/mol. The third-order valence-corrected chi connectivity index (χ3v) is 5.35. The molecule has 0 unspecified atom stereocenters. The standard InChI is InChI=1S/C21H24N6O6/c1-11(29)26-13(7-12-5-3-2-4-6-12)21(31)33-17-16(30)14(8-28)32-20(17)27-10-25-15-18(22)23-9-24-19(15)27/h2-6,9-10,13-14,16-17,20,28,30H,7-8H2,1H3,(H,26,29)(H2,22,23,24)/t13-,14+,16+,17+,20+/m0/s1. The van der Waals surface area contributed by atoms with Crippen molar-refractivity contribution in [1.82, 2.24) is 24.8 Å². The zero-order chi connectivity index (χ0) is 23.5. The number of ether oxygens (including phenoxy) is 2. The van der Waals surface area contributed by atoms with E-state index in [0.29, 0.717) is 11.2 Å². The maximum atomic E-state index is 13.1. The Bertz CT molecular complexity index is 1140. The topological polar surface area (TPSA) is 175 Å². The van der Waals surface area contributed by atoms with Gasteiger partial charge in [-0.05, 0) is 5.56 Å². The van der Waals surface area contributed by atoms with Gasteiger partial charge in [-0.2, -0.15) is 0 Å². The van der Waals surface area contributed by atoms with Gasteiger partial charge in [0.05, 0.1) is 12.9 Å². The van der Waals surface area contributed by atoms with Crippen molar-refractivity contribution < 1.29 is 29.3 Å². The van der Waals surface area contributed by atoms with E-state index in [1.807, 2.05) is 30.3 Å². The molecule has 3 aromatic rings. The van der Waals surface area contributed by atoms with E-state index < -0.39 is 49.1 Å². The molecule has 1 aliphatic heterocycles. The van der Waals surface area contributed by atoms with E-state index in [-0.39, 0.29) is 12.2 Å². The Kier molecular flexibility index (Phi) is 6.49. The third-order valence-electron chi connectivity index (χ3n) is 5.35. The van der Waals surface area contributed by atoms with Crippen LogP contribution in [0.25, 0.3) is 11.2 Å². The van der Waals surface area contributed by atoms with Crippen molar-refractivity contribution >= 4 is 28.9 Å². The molecule has 33 heavy (non-hydrogen) atoms. The summed E-state index contributed by atoms with van der Waals surface area (Å²) < 4.78 is 12.9. The summed E-state index contributed by atoms with van der Waals surface area (Å²) in [6.07, 6.45) is -1.80. The molecule has 4 rings (SSSR count). The summed E-state index contributed by atoms with van der Waals surface area (Å²) in [7, 11) is 0. The van der Waals surface area contributed by atoms with Crippen molar-refractivity contribution in [2.45, 2.75) is 43.9 Å². The molecule has 0 spiro atoms. The van der Waals surface area contributed by atoms with Crippen molar-refractivity contribution in [2.75, 3.05) is 12.3 Å². The van der Waals surface area contributed by atoms with Gasteiger partial charge in [0.25, 0.3) is 0 Å². The Morgan fingerprint density at radius 1 is 1.27 bits per heavy atom. The number of rotatable bonds is 7. The molecule has 1 amide bonds. The average Bonchev–Trinajstić information content (AvgIpc) is 3.36. The minimum atomic E-state index is -1.34. The van der Waals surface area contributed by atoms with Crippen LogP contribution in [0.4, 0.5) is 5.82 Å². The van der Waals surface area contributed by atoms with Crippen LogP contribution in [0, 0.1) is 0 Å². The van der Waals surface area contributed by atoms with Crippen LogP contribution in [0.15, 0.2) is 43.0 Å². The normalized spacial score (nSPS) is 23.4. The number of imidazole rings is 1. The monoisotopic (exact) mass is 456 g/mol. The van der Waals surface area contributed by atoms with Crippen LogP contribution in [-0.2, 0) is 25.5 Å². The molecular weight excluding hydrogens is 432 g/mol. The quantitative estimate of drug-likeness (QED) is 0.333. The lowest BCUT2D eigenvalue weighted by molar-refractivity contribution is -0.161. The van der Waals surface area contributed by atoms with E-state index in [0.717, 1.165) is 5.56 Å². The number of nitrogens with one attached hydrogen (secondary N) is 1. The van der Waals surface area contributed by atoms with Crippen LogP contribution in [-0.4, -0.2) is 72.6 Å². The lowest BCUT2D eigenvalue weighted by atomic mass is 10.1. The van der Waals surface area contributed by atoms with Crippen molar-refractivity contribution in [3.05, 3.63) is 48.5 Å². The second kappa shape index (κ2) is 9.48. The maximum absolute atomic E-state index is 13.1. The molecule has 1 fully saturated rings. The van der Waals surface area contributed by atoms with Crippen molar-refractivity contribution in [3.63, 3.8) is 0 Å². The predicted octanol–water partition coefficient (Wildman–Crippen LogP) is -0.682. The molecule has 174 valence electrons. The SMILES string of the molecule is CC(=O)N[C@@H](Cc1ccccc1)C(=O)O[C@@H]1[C@H](O)[C@@H](CO)O[C@H]1n1cnc2c(N)ncnc21. The highest BCUT2D eigenvalue weighted by Crippen LogP contribution is 2.34. The van der Waals surface area contributed by atoms with E-state index in [1.165, 1.54) is 24.1 Å². The summed E-state index contributed by atoms with van der Waals surface area (Å²) in [5, 5.41) is 22.9. The highest BCUT2D eigenvalue weighted by molar-refractivity contribution is 5.84. The minimum absolute atomic E-state index is 0.151. The number of nitrogen functional groups attached to an aromatic ring is 1. The fraction of sp³-hybridized carbons (Fsp3) is 0.381. The fourth-order valence-electron chi connectivity index (χ4n) is 3.78. The van der Waals surface area contributed by atoms with Crippen LogP contribution in [0.2, 0.25) is 0 Å². The van der Waals surface area contributed by atoms with Crippen molar-refractivity contribution in [2.24, 2.45) is 0 Å². The van der Waals surface area contributed by atoms with E-state index in [2.05, 4.69) is 20.3 Å². The summed E-state index contributed by atoms with van der Waals surface area (Å²) in [6, 6.07) is 8.12. The number of nitrogens with two attached hydrogens (primary N) is 1. The summed E-state index contributed by atoms with van der Waals surface area (Å²) in [5.74, 6) is -1.02. The zero-order valence-corrected chi connectivity index (χ0v) is 17.7. The lowest BCUT2D eigenvalue weighted by Crippen LogP contribution is -2.46. The molecular formula is C21H24N6O6. The van der Waals surface area contributed by atoms with Crippen molar-refractivity contribution in [3.8, 4) is 0 Å². The summed E-state index contributed by atoms with van der Waals surface area (Å²) >= 11 is 0. The molecule has 0 bridgehead atoms. The minimum Gasteiger partial charge on any atom is -0.453 e. The number of amides is 1. The Balaban J connectivity index is 1.61. The molecule has 5 N–H and O–H groups in total. The van der Waals surface area contributed by atoms with E-state index >= 15 is 0 Å². The number of benzene rings is 1. The molecule has 1 saturated heterocycles. The van der Waals surface area contributed by atoms with Crippen LogP contribution >= 0.6 is 0 Å². The lowest BCUT2D eigenvalue weighted by Gasteiger charge is -2.25. The number of fused-ring (bicyclic) bond motifs is 1. The number of carbonyl (C=O) groups excluding carboxylic acids is 2. The molecule has 0 saturated carbocycles. The van der Waals surface area contributed by atoms with E-state index in [9.17, 15) is 19.8 Å². The first kappa shape index (κ1) is 22.6. The molecule has 12 heteroatoms. The second-order valence-electron chi connectivity index (χ2n) is 7.67. The molecule has 0 aliphatic carbocycles.